The highest BCUT2D eigenvalue weighted by atomic mass is 79.9. The number of carbonyl (C=O) groups is 1. The summed E-state index contributed by atoms with van der Waals surface area (Å²) in [6.07, 6.45) is 0. The van der Waals surface area contributed by atoms with E-state index in [0.29, 0.717) is 28.6 Å². The molecule has 21 heavy (non-hydrogen) atoms. The molecule has 2 aromatic rings. The lowest BCUT2D eigenvalue weighted by atomic mass is 10.1. The number of carbonyl (C=O) groups excluding carboxylic acids is 1. The average Bonchev–Trinajstić information content (AvgIpc) is 2.45. The first-order chi connectivity index (χ1) is 10.0. The van der Waals surface area contributed by atoms with E-state index in [1.54, 1.807) is 30.3 Å². The van der Waals surface area contributed by atoms with Gasteiger partial charge in [0.25, 0.3) is 5.91 Å². The number of ether oxygens (including phenoxy) is 1. The van der Waals surface area contributed by atoms with E-state index in [9.17, 15) is 4.79 Å². The second-order valence-electron chi connectivity index (χ2n) is 4.49. The van der Waals surface area contributed by atoms with E-state index in [-0.39, 0.29) is 5.91 Å². The van der Waals surface area contributed by atoms with Crippen LogP contribution < -0.4 is 10.1 Å². The third-order valence-electron chi connectivity index (χ3n) is 2.92. The van der Waals surface area contributed by atoms with Crippen molar-refractivity contribution in [2.24, 2.45) is 0 Å². The Morgan fingerprint density at radius 2 is 2.05 bits per heavy atom. The van der Waals surface area contributed by atoms with Crippen LogP contribution in [0.25, 0.3) is 0 Å². The van der Waals surface area contributed by atoms with Crippen LogP contribution >= 0.6 is 27.5 Å². The summed E-state index contributed by atoms with van der Waals surface area (Å²) in [4.78, 5) is 12.3. The fourth-order valence-electron chi connectivity index (χ4n) is 1.81. The average molecular weight is 369 g/mol. The molecule has 0 aliphatic carbocycles. The molecule has 0 heterocycles. The molecule has 1 N–H and O–H groups in total. The summed E-state index contributed by atoms with van der Waals surface area (Å²) in [6.45, 7) is 4.37. The SMILES string of the molecule is CCOc1ccc(Cl)cc1NC(=O)c1ccc(C)c(Br)c1. The van der Waals surface area contributed by atoms with Gasteiger partial charge in [-0.25, -0.2) is 0 Å². The Labute approximate surface area is 137 Å². The van der Waals surface area contributed by atoms with Crippen molar-refractivity contribution in [2.45, 2.75) is 13.8 Å². The van der Waals surface area contributed by atoms with E-state index < -0.39 is 0 Å². The second-order valence-corrected chi connectivity index (χ2v) is 5.78. The largest absolute Gasteiger partial charge is 0.492 e. The molecule has 110 valence electrons. The number of hydrogen-bond acceptors (Lipinski definition) is 2. The molecule has 0 atom stereocenters. The van der Waals surface area contributed by atoms with Crippen LogP contribution in [0.2, 0.25) is 5.02 Å². The van der Waals surface area contributed by atoms with Crippen LogP contribution in [0.4, 0.5) is 5.69 Å². The van der Waals surface area contributed by atoms with Gasteiger partial charge in [0.1, 0.15) is 5.75 Å². The first kappa shape index (κ1) is 15.9. The Bertz CT molecular complexity index is 673. The molecule has 0 bridgehead atoms. The normalized spacial score (nSPS) is 10.3. The van der Waals surface area contributed by atoms with Crippen LogP contribution in [0.1, 0.15) is 22.8 Å². The zero-order valence-corrected chi connectivity index (χ0v) is 14.1. The number of hydrogen-bond donors (Lipinski definition) is 1. The van der Waals surface area contributed by atoms with E-state index in [1.165, 1.54) is 0 Å². The highest BCUT2D eigenvalue weighted by Crippen LogP contribution is 2.29. The van der Waals surface area contributed by atoms with Crippen LogP contribution in [0.15, 0.2) is 40.9 Å². The Kier molecular flexibility index (Phi) is 5.26. The summed E-state index contributed by atoms with van der Waals surface area (Å²) in [5.74, 6) is 0.389. The van der Waals surface area contributed by atoms with Gasteiger partial charge in [0, 0.05) is 15.1 Å². The third-order valence-corrected chi connectivity index (χ3v) is 4.01. The van der Waals surface area contributed by atoms with E-state index in [4.69, 9.17) is 16.3 Å². The molecule has 0 fully saturated rings. The van der Waals surface area contributed by atoms with Gasteiger partial charge in [0.05, 0.1) is 12.3 Å². The van der Waals surface area contributed by atoms with Gasteiger partial charge in [-0.15, -0.1) is 0 Å². The fourth-order valence-corrected chi connectivity index (χ4v) is 2.36. The summed E-state index contributed by atoms with van der Waals surface area (Å²) in [6, 6.07) is 10.6. The Morgan fingerprint density at radius 3 is 2.71 bits per heavy atom. The Hall–Kier alpha value is -1.52. The molecule has 0 aromatic heterocycles. The minimum atomic E-state index is -0.209. The molecule has 0 aliphatic rings. The number of anilines is 1. The third kappa shape index (κ3) is 3.99. The molecule has 2 aromatic carbocycles. The van der Waals surface area contributed by atoms with Crippen molar-refractivity contribution in [1.29, 1.82) is 0 Å². The molecule has 1 amide bonds. The minimum Gasteiger partial charge on any atom is -0.492 e. The number of amides is 1. The summed E-state index contributed by atoms with van der Waals surface area (Å²) in [5.41, 5.74) is 2.20. The van der Waals surface area contributed by atoms with Crippen molar-refractivity contribution in [3.8, 4) is 5.75 Å². The van der Waals surface area contributed by atoms with Crippen molar-refractivity contribution < 1.29 is 9.53 Å². The monoisotopic (exact) mass is 367 g/mol. The van der Waals surface area contributed by atoms with Crippen LogP contribution in [-0.4, -0.2) is 12.5 Å². The summed E-state index contributed by atoms with van der Waals surface area (Å²) >= 11 is 9.40. The molecule has 0 radical (unpaired) electrons. The number of benzene rings is 2. The van der Waals surface area contributed by atoms with Gasteiger partial charge < -0.3 is 10.1 Å². The summed E-state index contributed by atoms with van der Waals surface area (Å²) in [5, 5.41) is 3.37. The number of aryl methyl sites for hydroxylation is 1. The molecule has 0 saturated heterocycles. The Morgan fingerprint density at radius 1 is 1.29 bits per heavy atom. The highest BCUT2D eigenvalue weighted by molar-refractivity contribution is 9.10. The standard InChI is InChI=1S/C16H15BrClNO2/c1-3-21-15-7-6-12(18)9-14(15)19-16(20)11-5-4-10(2)13(17)8-11/h4-9H,3H2,1-2H3,(H,19,20). The molecule has 0 spiro atoms. The van der Waals surface area contributed by atoms with Crippen LogP contribution in [0, 0.1) is 6.92 Å². The van der Waals surface area contributed by atoms with Gasteiger partial charge >= 0.3 is 0 Å². The first-order valence-corrected chi connectivity index (χ1v) is 7.68. The lowest BCUT2D eigenvalue weighted by molar-refractivity contribution is 0.102. The van der Waals surface area contributed by atoms with E-state index in [0.717, 1.165) is 10.0 Å². The van der Waals surface area contributed by atoms with Gasteiger partial charge in [-0.1, -0.05) is 33.6 Å². The maximum Gasteiger partial charge on any atom is 0.255 e. The minimum absolute atomic E-state index is 0.209. The topological polar surface area (TPSA) is 38.3 Å². The maximum absolute atomic E-state index is 12.3. The number of halogens is 2. The molecule has 0 unspecified atom stereocenters. The van der Waals surface area contributed by atoms with Crippen molar-refractivity contribution in [2.75, 3.05) is 11.9 Å². The van der Waals surface area contributed by atoms with E-state index in [1.807, 2.05) is 19.9 Å². The molecule has 5 heteroatoms. The molecule has 0 saturated carbocycles. The molecule has 0 aliphatic heterocycles. The lowest BCUT2D eigenvalue weighted by Gasteiger charge is -2.12. The van der Waals surface area contributed by atoms with Crippen molar-refractivity contribution in [1.82, 2.24) is 0 Å². The summed E-state index contributed by atoms with van der Waals surface area (Å²) < 4.78 is 6.38. The predicted octanol–water partition coefficient (Wildman–Crippen LogP) is 5.06. The van der Waals surface area contributed by atoms with Gasteiger partial charge in [-0.2, -0.15) is 0 Å². The summed E-state index contributed by atoms with van der Waals surface area (Å²) in [7, 11) is 0. The van der Waals surface area contributed by atoms with Crippen LogP contribution in [-0.2, 0) is 0 Å². The maximum atomic E-state index is 12.3. The van der Waals surface area contributed by atoms with Crippen molar-refractivity contribution in [3.63, 3.8) is 0 Å². The lowest BCUT2D eigenvalue weighted by Crippen LogP contribution is -2.13. The number of rotatable bonds is 4. The van der Waals surface area contributed by atoms with Gasteiger partial charge in [0.15, 0.2) is 0 Å². The first-order valence-electron chi connectivity index (χ1n) is 6.51. The predicted molar refractivity (Wildman–Crippen MR) is 89.5 cm³/mol. The second kappa shape index (κ2) is 6.96. The van der Waals surface area contributed by atoms with Gasteiger partial charge in [-0.05, 0) is 49.7 Å². The zero-order chi connectivity index (χ0) is 15.4. The smallest absolute Gasteiger partial charge is 0.255 e. The number of nitrogens with one attached hydrogen (secondary N) is 1. The van der Waals surface area contributed by atoms with Crippen molar-refractivity contribution >= 4 is 39.1 Å². The zero-order valence-electron chi connectivity index (χ0n) is 11.7. The molecule has 2 rings (SSSR count). The quantitative estimate of drug-likeness (QED) is 0.819. The van der Waals surface area contributed by atoms with Crippen LogP contribution in [0.5, 0.6) is 5.75 Å². The van der Waals surface area contributed by atoms with Gasteiger partial charge in [0.2, 0.25) is 0 Å². The molecule has 3 nitrogen and oxygen atoms in total. The molecular formula is C16H15BrClNO2. The van der Waals surface area contributed by atoms with Gasteiger partial charge in [-0.3, -0.25) is 4.79 Å². The molecular weight excluding hydrogens is 354 g/mol. The fraction of sp³-hybridized carbons (Fsp3) is 0.188. The highest BCUT2D eigenvalue weighted by Gasteiger charge is 2.11. The Balaban J connectivity index is 2.26. The van der Waals surface area contributed by atoms with Crippen molar-refractivity contribution in [3.05, 3.63) is 57.0 Å². The van der Waals surface area contributed by atoms with E-state index in [2.05, 4.69) is 21.2 Å². The van der Waals surface area contributed by atoms with Crippen LogP contribution in [0.3, 0.4) is 0 Å². The van der Waals surface area contributed by atoms with E-state index >= 15 is 0 Å².